The average Bonchev–Trinajstić information content (AvgIpc) is 3.37. The van der Waals surface area contributed by atoms with Gasteiger partial charge in [-0.25, -0.2) is 0 Å². The Morgan fingerprint density at radius 2 is 0.561 bits per heavy atom. The molecule has 0 aromatic rings. The van der Waals surface area contributed by atoms with Crippen molar-refractivity contribution in [3.8, 4) is 0 Å². The van der Waals surface area contributed by atoms with E-state index in [4.69, 9.17) is 0 Å². The summed E-state index contributed by atoms with van der Waals surface area (Å²) in [4.78, 5) is 5.41. The van der Waals surface area contributed by atoms with Crippen LogP contribution in [0.4, 0.5) is 0 Å². The summed E-state index contributed by atoms with van der Waals surface area (Å²) in [5.74, 6) is 0. The molecule has 0 saturated heterocycles. The molecule has 0 amide bonds. The summed E-state index contributed by atoms with van der Waals surface area (Å²) in [7, 11) is 0. The summed E-state index contributed by atoms with van der Waals surface area (Å²) >= 11 is 0. The van der Waals surface area contributed by atoms with E-state index in [2.05, 4.69) is 43.0 Å². The zero-order chi connectivity index (χ0) is 29.5. The molecule has 1 rings (SSSR count). The third kappa shape index (κ3) is 23.5. The fourth-order valence-corrected chi connectivity index (χ4v) is 6.72. The zero-order valence-corrected chi connectivity index (χ0v) is 29.0. The van der Waals surface area contributed by atoms with E-state index >= 15 is 0 Å². The highest BCUT2D eigenvalue weighted by molar-refractivity contribution is 4.97. The zero-order valence-electron chi connectivity index (χ0n) is 29.0. The largest absolute Gasteiger partial charge is 0.356 e. The van der Waals surface area contributed by atoms with Crippen molar-refractivity contribution in [3.63, 3.8) is 0 Å². The van der Waals surface area contributed by atoms with Gasteiger partial charge in [0, 0.05) is 25.5 Å². The second kappa shape index (κ2) is 30.8. The lowest BCUT2D eigenvalue weighted by atomic mass is 10.0. The molecular weight excluding hydrogens is 496 g/mol. The topological polar surface area (TPSA) is 6.48 Å². The highest BCUT2D eigenvalue weighted by Gasteiger charge is 2.24. The molecule has 1 heterocycles. The molecule has 0 radical (unpaired) electrons. The second-order valence-corrected chi connectivity index (χ2v) is 13.6. The fraction of sp³-hybridized carbons (Fsp3) is 0.949. The summed E-state index contributed by atoms with van der Waals surface area (Å²) in [5, 5.41) is 0. The number of hydrogen-bond donors (Lipinski definition) is 0. The maximum atomic E-state index is 2.71. The van der Waals surface area contributed by atoms with Gasteiger partial charge in [0.2, 0.25) is 0 Å². The first-order valence-corrected chi connectivity index (χ1v) is 19.5. The predicted molar refractivity (Wildman–Crippen MR) is 186 cm³/mol. The van der Waals surface area contributed by atoms with Gasteiger partial charge >= 0.3 is 0 Å². The van der Waals surface area contributed by atoms with Gasteiger partial charge < -0.3 is 9.80 Å². The molecule has 2 nitrogen and oxygen atoms in total. The van der Waals surface area contributed by atoms with Crippen LogP contribution in [-0.4, -0.2) is 29.1 Å². The van der Waals surface area contributed by atoms with Gasteiger partial charge in [-0.2, -0.15) is 0 Å². The molecule has 0 aromatic carbocycles. The van der Waals surface area contributed by atoms with Gasteiger partial charge in [-0.05, 0) is 25.7 Å². The average molecular weight is 575 g/mol. The SMILES string of the molecule is CCCCCCCCCCCCCCCCC1N(CCCCCCC)C=CN1CCCCCCCCCCCCC. The highest BCUT2D eigenvalue weighted by atomic mass is 15.4. The van der Waals surface area contributed by atoms with Gasteiger partial charge in [0.05, 0.1) is 0 Å². The Balaban J connectivity index is 2.16. The Morgan fingerprint density at radius 1 is 0.317 bits per heavy atom. The molecule has 41 heavy (non-hydrogen) atoms. The van der Waals surface area contributed by atoms with Crippen LogP contribution in [0.5, 0.6) is 0 Å². The minimum atomic E-state index is 0.640. The van der Waals surface area contributed by atoms with Crippen molar-refractivity contribution in [2.75, 3.05) is 13.1 Å². The van der Waals surface area contributed by atoms with Crippen molar-refractivity contribution in [2.45, 2.75) is 226 Å². The molecule has 1 aliphatic rings. The van der Waals surface area contributed by atoms with E-state index in [1.54, 1.807) is 0 Å². The van der Waals surface area contributed by atoms with E-state index < -0.39 is 0 Å². The summed E-state index contributed by atoms with van der Waals surface area (Å²) in [6.07, 6.45) is 49.9. The van der Waals surface area contributed by atoms with Crippen molar-refractivity contribution in [2.24, 2.45) is 0 Å². The van der Waals surface area contributed by atoms with Crippen molar-refractivity contribution in [1.82, 2.24) is 9.80 Å². The monoisotopic (exact) mass is 575 g/mol. The fourth-order valence-electron chi connectivity index (χ4n) is 6.72. The third-order valence-electron chi connectivity index (χ3n) is 9.57. The Kier molecular flexibility index (Phi) is 28.8. The minimum Gasteiger partial charge on any atom is -0.356 e. The summed E-state index contributed by atoms with van der Waals surface area (Å²) in [5.41, 5.74) is 0. The lowest BCUT2D eigenvalue weighted by Crippen LogP contribution is -2.39. The van der Waals surface area contributed by atoms with Crippen molar-refractivity contribution in [3.05, 3.63) is 12.4 Å². The smallest absolute Gasteiger partial charge is 0.101 e. The third-order valence-corrected chi connectivity index (χ3v) is 9.57. The summed E-state index contributed by atoms with van der Waals surface area (Å²) in [6, 6.07) is 0. The predicted octanol–water partition coefficient (Wildman–Crippen LogP) is 13.6. The van der Waals surface area contributed by atoms with E-state index in [-0.39, 0.29) is 0 Å². The van der Waals surface area contributed by atoms with Crippen LogP contribution in [0.2, 0.25) is 0 Å². The molecule has 1 atom stereocenters. The van der Waals surface area contributed by atoms with Crippen molar-refractivity contribution in [1.29, 1.82) is 0 Å². The lowest BCUT2D eigenvalue weighted by Gasteiger charge is -2.33. The van der Waals surface area contributed by atoms with Gasteiger partial charge in [-0.1, -0.05) is 194 Å². The quantitative estimate of drug-likeness (QED) is 0.0719. The normalized spacial score (nSPS) is 15.0. The van der Waals surface area contributed by atoms with Gasteiger partial charge in [-0.3, -0.25) is 0 Å². The molecule has 0 saturated carbocycles. The van der Waals surface area contributed by atoms with Crippen LogP contribution in [-0.2, 0) is 0 Å². The molecule has 1 unspecified atom stereocenters. The van der Waals surface area contributed by atoms with Crippen LogP contribution < -0.4 is 0 Å². The first-order valence-electron chi connectivity index (χ1n) is 19.5. The minimum absolute atomic E-state index is 0.640. The first-order chi connectivity index (χ1) is 20.3. The molecular formula is C39H78N2. The Labute approximate surface area is 260 Å². The van der Waals surface area contributed by atoms with Crippen LogP contribution >= 0.6 is 0 Å². The second-order valence-electron chi connectivity index (χ2n) is 13.6. The molecule has 0 aliphatic carbocycles. The van der Waals surface area contributed by atoms with E-state index in [1.807, 2.05) is 0 Å². The van der Waals surface area contributed by atoms with E-state index in [0.29, 0.717) is 6.17 Å². The van der Waals surface area contributed by atoms with Crippen molar-refractivity contribution < 1.29 is 0 Å². The van der Waals surface area contributed by atoms with E-state index in [9.17, 15) is 0 Å². The number of rotatable bonds is 33. The number of nitrogens with zero attached hydrogens (tertiary/aromatic N) is 2. The lowest BCUT2D eigenvalue weighted by molar-refractivity contribution is 0.135. The van der Waals surface area contributed by atoms with Gasteiger partial charge in [0.25, 0.3) is 0 Å². The van der Waals surface area contributed by atoms with Crippen LogP contribution in [0.15, 0.2) is 12.4 Å². The van der Waals surface area contributed by atoms with E-state index in [0.717, 1.165) is 0 Å². The van der Waals surface area contributed by atoms with Crippen LogP contribution in [0.1, 0.15) is 220 Å². The molecule has 0 bridgehead atoms. The Morgan fingerprint density at radius 3 is 0.854 bits per heavy atom. The molecule has 0 fully saturated rings. The Bertz CT molecular complexity index is 530. The van der Waals surface area contributed by atoms with Crippen molar-refractivity contribution >= 4 is 0 Å². The van der Waals surface area contributed by atoms with Gasteiger partial charge in [0.15, 0.2) is 0 Å². The molecule has 2 heteroatoms. The highest BCUT2D eigenvalue weighted by Crippen LogP contribution is 2.24. The van der Waals surface area contributed by atoms with Gasteiger partial charge in [0.1, 0.15) is 6.17 Å². The maximum absolute atomic E-state index is 2.71. The molecule has 0 spiro atoms. The van der Waals surface area contributed by atoms with Gasteiger partial charge in [-0.15, -0.1) is 0 Å². The Hall–Kier alpha value is -0.660. The van der Waals surface area contributed by atoms with E-state index in [1.165, 1.54) is 212 Å². The molecule has 244 valence electrons. The number of unbranched alkanes of at least 4 members (excludes halogenated alkanes) is 27. The van der Waals surface area contributed by atoms with Crippen LogP contribution in [0, 0.1) is 0 Å². The molecule has 0 N–H and O–H groups in total. The van der Waals surface area contributed by atoms with Crippen LogP contribution in [0.25, 0.3) is 0 Å². The standard InChI is InChI=1S/C39H78N2/c1-4-7-10-13-15-17-19-20-21-22-24-26-28-31-34-39-40(35-32-29-12-9-6-3)37-38-41(39)36-33-30-27-25-23-18-16-14-11-8-5-2/h37-39H,4-36H2,1-3H3. The molecule has 0 aromatic heterocycles. The summed E-state index contributed by atoms with van der Waals surface area (Å²) < 4.78 is 0. The number of hydrogen-bond acceptors (Lipinski definition) is 2. The summed E-state index contributed by atoms with van der Waals surface area (Å²) in [6.45, 7) is 9.47. The maximum Gasteiger partial charge on any atom is 0.101 e. The molecule has 1 aliphatic heterocycles. The first kappa shape index (κ1) is 38.4. The van der Waals surface area contributed by atoms with Crippen LogP contribution in [0.3, 0.4) is 0 Å².